The largest absolute Gasteiger partial charge is 0.478 e. The predicted molar refractivity (Wildman–Crippen MR) is 53.9 cm³/mol. The lowest BCUT2D eigenvalue weighted by Crippen LogP contribution is -2.11. The Morgan fingerprint density at radius 2 is 2.25 bits per heavy atom. The van der Waals surface area contributed by atoms with Gasteiger partial charge in [-0.2, -0.15) is 0 Å². The normalized spacial score (nSPS) is 9.50. The van der Waals surface area contributed by atoms with Crippen LogP contribution >= 0.6 is 22.6 Å². The average Bonchev–Trinajstić information content (AvgIpc) is 2.04. The Bertz CT molecular complexity index is 314. The van der Waals surface area contributed by atoms with Gasteiger partial charge in [0.2, 0.25) is 0 Å². The highest BCUT2D eigenvalue weighted by atomic mass is 127. The maximum Gasteiger partial charge on any atom is 0.337 e. The number of hydrogen-bond acceptors (Lipinski definition) is 3. The third-order valence-electron chi connectivity index (χ3n) is 1.37. The van der Waals surface area contributed by atoms with E-state index in [0.29, 0.717) is 5.69 Å². The number of carbonyl (C=O) groups is 1. The maximum absolute atomic E-state index is 10.6. The van der Waals surface area contributed by atoms with Crippen molar-refractivity contribution in [2.75, 3.05) is 5.43 Å². The summed E-state index contributed by atoms with van der Waals surface area (Å²) in [6.45, 7) is 0. The lowest BCUT2D eigenvalue weighted by molar-refractivity contribution is 0.0698. The van der Waals surface area contributed by atoms with Gasteiger partial charge in [-0.1, -0.05) is 0 Å². The zero-order chi connectivity index (χ0) is 9.14. The van der Waals surface area contributed by atoms with Gasteiger partial charge in [0.25, 0.3) is 0 Å². The van der Waals surface area contributed by atoms with Gasteiger partial charge in [-0.05, 0) is 40.8 Å². The molecule has 0 saturated carbocycles. The van der Waals surface area contributed by atoms with E-state index in [0.717, 1.165) is 3.57 Å². The summed E-state index contributed by atoms with van der Waals surface area (Å²) >= 11 is 2.04. The minimum Gasteiger partial charge on any atom is -0.478 e. The molecule has 1 rings (SSSR count). The highest BCUT2D eigenvalue weighted by Gasteiger charge is 2.08. The quantitative estimate of drug-likeness (QED) is 0.432. The minimum absolute atomic E-state index is 0.185. The van der Waals surface area contributed by atoms with Crippen LogP contribution < -0.4 is 11.3 Å². The maximum atomic E-state index is 10.6. The first-order chi connectivity index (χ1) is 5.65. The summed E-state index contributed by atoms with van der Waals surface area (Å²) < 4.78 is 0.865. The van der Waals surface area contributed by atoms with Gasteiger partial charge in [0.15, 0.2) is 0 Å². The van der Waals surface area contributed by atoms with Crippen LogP contribution in [0, 0.1) is 3.57 Å². The summed E-state index contributed by atoms with van der Waals surface area (Å²) in [5.41, 5.74) is 2.92. The topological polar surface area (TPSA) is 75.3 Å². The second-order valence-corrected chi connectivity index (χ2v) is 3.39. The minimum atomic E-state index is -0.985. The van der Waals surface area contributed by atoms with Crippen LogP contribution in [0.3, 0.4) is 0 Å². The van der Waals surface area contributed by atoms with Crippen molar-refractivity contribution >= 4 is 34.2 Å². The molecule has 0 aromatic heterocycles. The molecular weight excluding hydrogens is 271 g/mol. The summed E-state index contributed by atoms with van der Waals surface area (Å²) in [5, 5.41) is 8.72. The van der Waals surface area contributed by atoms with E-state index in [1.54, 1.807) is 18.2 Å². The van der Waals surface area contributed by atoms with Gasteiger partial charge >= 0.3 is 5.97 Å². The fourth-order valence-corrected chi connectivity index (χ4v) is 1.31. The molecule has 12 heavy (non-hydrogen) atoms. The Kier molecular flexibility index (Phi) is 2.88. The molecule has 4 N–H and O–H groups in total. The van der Waals surface area contributed by atoms with Gasteiger partial charge in [0.05, 0.1) is 11.3 Å². The number of nitrogens with one attached hydrogen (secondary N) is 1. The van der Waals surface area contributed by atoms with Crippen molar-refractivity contribution in [3.8, 4) is 0 Å². The number of carboxylic acid groups (broad SMARTS) is 1. The molecular formula is C7H7IN2O2. The fraction of sp³-hybridized carbons (Fsp3) is 0. The Balaban J connectivity index is 3.21. The molecule has 0 aliphatic rings. The number of anilines is 1. The summed E-state index contributed by atoms with van der Waals surface area (Å²) in [6.07, 6.45) is 0. The summed E-state index contributed by atoms with van der Waals surface area (Å²) in [7, 11) is 0. The molecule has 1 aromatic rings. The van der Waals surface area contributed by atoms with Gasteiger partial charge in [0.1, 0.15) is 0 Å². The molecule has 0 saturated heterocycles. The molecule has 64 valence electrons. The number of aromatic carboxylic acids is 1. The molecule has 0 spiro atoms. The van der Waals surface area contributed by atoms with Gasteiger partial charge in [0, 0.05) is 3.57 Å². The first-order valence-electron chi connectivity index (χ1n) is 3.14. The Labute approximate surface area is 82.9 Å². The number of nitrogen functional groups attached to an aromatic ring is 1. The zero-order valence-electron chi connectivity index (χ0n) is 6.04. The van der Waals surface area contributed by atoms with Crippen molar-refractivity contribution in [1.29, 1.82) is 0 Å². The van der Waals surface area contributed by atoms with E-state index in [-0.39, 0.29) is 5.56 Å². The molecule has 5 heteroatoms. The van der Waals surface area contributed by atoms with E-state index in [9.17, 15) is 4.79 Å². The molecule has 0 radical (unpaired) electrons. The van der Waals surface area contributed by atoms with E-state index in [4.69, 9.17) is 10.9 Å². The van der Waals surface area contributed by atoms with Crippen LogP contribution in [-0.2, 0) is 0 Å². The zero-order valence-corrected chi connectivity index (χ0v) is 8.20. The van der Waals surface area contributed by atoms with E-state index >= 15 is 0 Å². The molecule has 0 unspecified atom stereocenters. The summed E-state index contributed by atoms with van der Waals surface area (Å²) in [5.74, 6) is 4.14. The summed E-state index contributed by atoms with van der Waals surface area (Å²) in [6, 6.07) is 4.96. The molecule has 0 fully saturated rings. The molecule has 0 aliphatic heterocycles. The van der Waals surface area contributed by atoms with Gasteiger partial charge < -0.3 is 10.5 Å². The number of halogens is 1. The smallest absolute Gasteiger partial charge is 0.337 e. The van der Waals surface area contributed by atoms with Gasteiger partial charge in [-0.15, -0.1) is 0 Å². The van der Waals surface area contributed by atoms with Crippen molar-refractivity contribution in [3.05, 3.63) is 27.3 Å². The van der Waals surface area contributed by atoms with Crippen molar-refractivity contribution in [1.82, 2.24) is 0 Å². The number of benzene rings is 1. The van der Waals surface area contributed by atoms with Gasteiger partial charge in [-0.3, -0.25) is 5.84 Å². The van der Waals surface area contributed by atoms with Crippen LogP contribution in [0.4, 0.5) is 5.69 Å². The molecule has 1 aromatic carbocycles. The van der Waals surface area contributed by atoms with Crippen LogP contribution in [0.15, 0.2) is 18.2 Å². The van der Waals surface area contributed by atoms with Crippen LogP contribution in [-0.4, -0.2) is 11.1 Å². The van der Waals surface area contributed by atoms with Gasteiger partial charge in [-0.25, -0.2) is 4.79 Å². The standard InChI is InChI=1S/C7H7IN2O2/c8-4-1-2-6(10-9)5(3-4)7(11)12/h1-3,10H,9H2,(H,11,12). The molecule has 0 amide bonds. The fourth-order valence-electron chi connectivity index (χ4n) is 0.819. The van der Waals surface area contributed by atoms with Crippen molar-refractivity contribution < 1.29 is 9.90 Å². The Morgan fingerprint density at radius 3 is 2.75 bits per heavy atom. The summed E-state index contributed by atoms with van der Waals surface area (Å²) in [4.78, 5) is 10.6. The lowest BCUT2D eigenvalue weighted by Gasteiger charge is -2.04. The molecule has 4 nitrogen and oxygen atoms in total. The van der Waals surface area contributed by atoms with E-state index in [1.807, 2.05) is 22.6 Å². The number of hydrogen-bond donors (Lipinski definition) is 3. The van der Waals surface area contributed by atoms with Crippen LogP contribution in [0.2, 0.25) is 0 Å². The lowest BCUT2D eigenvalue weighted by atomic mass is 10.2. The number of rotatable bonds is 2. The molecule has 0 aliphatic carbocycles. The average molecular weight is 278 g/mol. The second-order valence-electron chi connectivity index (χ2n) is 2.14. The molecule has 0 bridgehead atoms. The van der Waals surface area contributed by atoms with Crippen molar-refractivity contribution in [2.24, 2.45) is 5.84 Å². The SMILES string of the molecule is NNc1ccc(I)cc1C(=O)O. The highest BCUT2D eigenvalue weighted by molar-refractivity contribution is 14.1. The van der Waals surface area contributed by atoms with Crippen molar-refractivity contribution in [2.45, 2.75) is 0 Å². The first-order valence-corrected chi connectivity index (χ1v) is 4.22. The van der Waals surface area contributed by atoms with E-state index < -0.39 is 5.97 Å². The molecule has 0 heterocycles. The first kappa shape index (κ1) is 9.27. The Hall–Kier alpha value is -0.820. The van der Waals surface area contributed by atoms with E-state index in [2.05, 4.69) is 5.43 Å². The third-order valence-corrected chi connectivity index (χ3v) is 2.04. The highest BCUT2D eigenvalue weighted by Crippen LogP contribution is 2.17. The van der Waals surface area contributed by atoms with Crippen LogP contribution in [0.1, 0.15) is 10.4 Å². The number of carboxylic acids is 1. The monoisotopic (exact) mass is 278 g/mol. The van der Waals surface area contributed by atoms with Crippen LogP contribution in [0.25, 0.3) is 0 Å². The third kappa shape index (κ3) is 1.86. The van der Waals surface area contributed by atoms with Crippen LogP contribution in [0.5, 0.6) is 0 Å². The Morgan fingerprint density at radius 1 is 1.58 bits per heavy atom. The van der Waals surface area contributed by atoms with Crippen molar-refractivity contribution in [3.63, 3.8) is 0 Å². The number of nitrogens with two attached hydrogens (primary N) is 1. The second kappa shape index (κ2) is 3.72. The number of hydrazine groups is 1. The molecule has 0 atom stereocenters. The van der Waals surface area contributed by atoms with E-state index in [1.165, 1.54) is 0 Å². The predicted octanol–water partition coefficient (Wildman–Crippen LogP) is 1.28.